The van der Waals surface area contributed by atoms with Gasteiger partial charge in [-0.05, 0) is 54.8 Å². The van der Waals surface area contributed by atoms with Gasteiger partial charge in [-0.25, -0.2) is 4.98 Å². The fourth-order valence-corrected chi connectivity index (χ4v) is 4.31. The van der Waals surface area contributed by atoms with Gasteiger partial charge in [-0.15, -0.1) is 22.7 Å². The van der Waals surface area contributed by atoms with E-state index < -0.39 is 0 Å². The maximum Gasteiger partial charge on any atom is 0.271 e. The molecule has 1 aliphatic carbocycles. The van der Waals surface area contributed by atoms with Gasteiger partial charge in [0, 0.05) is 11.6 Å². The zero-order valence-electron chi connectivity index (χ0n) is 13.2. The van der Waals surface area contributed by atoms with Gasteiger partial charge in [-0.1, -0.05) is 6.07 Å². The lowest BCUT2D eigenvalue weighted by Crippen LogP contribution is -2.30. The van der Waals surface area contributed by atoms with Gasteiger partial charge >= 0.3 is 0 Å². The standard InChI is InChI=1S/C18H17N3OS2/c1-11-6-7-19-13(9-11)16(12-4-5-12)21-17(22)14-10-24-18(20-14)15-3-2-8-23-15/h2-3,6-10,12,16H,4-5H2,1H3,(H,21,22). The molecule has 1 saturated carbocycles. The average Bonchev–Trinajstić information content (AvgIpc) is 3.08. The fourth-order valence-electron chi connectivity index (χ4n) is 2.70. The number of thiazole rings is 1. The highest BCUT2D eigenvalue weighted by molar-refractivity contribution is 7.20. The van der Waals surface area contributed by atoms with Crippen LogP contribution >= 0.6 is 22.7 Å². The van der Waals surface area contributed by atoms with E-state index in [2.05, 4.69) is 21.4 Å². The number of hydrogen-bond acceptors (Lipinski definition) is 5. The van der Waals surface area contributed by atoms with Crippen LogP contribution in [0, 0.1) is 12.8 Å². The molecular formula is C18H17N3OS2. The Kier molecular flexibility index (Phi) is 4.16. The first-order chi connectivity index (χ1) is 11.7. The highest BCUT2D eigenvalue weighted by Crippen LogP contribution is 2.40. The van der Waals surface area contributed by atoms with Crippen molar-refractivity contribution in [3.05, 3.63) is 58.2 Å². The first-order valence-electron chi connectivity index (χ1n) is 7.93. The minimum absolute atomic E-state index is 0.0238. The third-order valence-electron chi connectivity index (χ3n) is 4.10. The molecule has 6 heteroatoms. The third-order valence-corrected chi connectivity index (χ3v) is 5.99. The Morgan fingerprint density at radius 1 is 1.33 bits per heavy atom. The molecule has 0 aliphatic heterocycles. The molecule has 0 radical (unpaired) electrons. The molecule has 122 valence electrons. The van der Waals surface area contributed by atoms with Crippen molar-refractivity contribution in [2.24, 2.45) is 5.92 Å². The number of aryl methyl sites for hydroxylation is 1. The summed E-state index contributed by atoms with van der Waals surface area (Å²) in [5.41, 5.74) is 2.59. The summed E-state index contributed by atoms with van der Waals surface area (Å²) in [6.07, 6.45) is 4.08. The zero-order valence-corrected chi connectivity index (χ0v) is 14.9. The SMILES string of the molecule is Cc1ccnc(C(NC(=O)c2csc(-c3cccs3)n2)C2CC2)c1. The second kappa shape index (κ2) is 6.45. The molecule has 0 aromatic carbocycles. The van der Waals surface area contributed by atoms with E-state index in [1.807, 2.05) is 42.1 Å². The molecule has 3 aromatic rings. The van der Waals surface area contributed by atoms with Gasteiger partial charge in [0.25, 0.3) is 5.91 Å². The van der Waals surface area contributed by atoms with E-state index in [0.717, 1.165) is 34.0 Å². The molecule has 4 nitrogen and oxygen atoms in total. The van der Waals surface area contributed by atoms with Crippen LogP contribution in [0.25, 0.3) is 9.88 Å². The van der Waals surface area contributed by atoms with Crippen molar-refractivity contribution in [3.8, 4) is 9.88 Å². The Morgan fingerprint density at radius 2 is 2.21 bits per heavy atom. The van der Waals surface area contributed by atoms with Crippen LogP contribution in [0.1, 0.15) is 40.6 Å². The molecule has 0 saturated heterocycles. The fraction of sp³-hybridized carbons (Fsp3) is 0.278. The molecule has 3 aromatic heterocycles. The summed E-state index contributed by atoms with van der Waals surface area (Å²) in [6, 6.07) is 8.02. The lowest BCUT2D eigenvalue weighted by atomic mass is 10.1. The highest BCUT2D eigenvalue weighted by Gasteiger charge is 2.34. The van der Waals surface area contributed by atoms with Crippen LogP contribution in [0.2, 0.25) is 0 Å². The predicted octanol–water partition coefficient (Wildman–Crippen LogP) is 4.46. The Labute approximate surface area is 148 Å². The predicted molar refractivity (Wildman–Crippen MR) is 97.3 cm³/mol. The largest absolute Gasteiger partial charge is 0.342 e. The summed E-state index contributed by atoms with van der Waals surface area (Å²) < 4.78 is 0. The number of amides is 1. The summed E-state index contributed by atoms with van der Waals surface area (Å²) in [7, 11) is 0. The van der Waals surface area contributed by atoms with E-state index in [4.69, 9.17) is 0 Å². The number of nitrogens with zero attached hydrogens (tertiary/aromatic N) is 2. The maximum atomic E-state index is 12.6. The molecule has 3 heterocycles. The zero-order chi connectivity index (χ0) is 16.5. The number of hydrogen-bond donors (Lipinski definition) is 1. The van der Waals surface area contributed by atoms with Crippen molar-refractivity contribution in [3.63, 3.8) is 0 Å². The van der Waals surface area contributed by atoms with Gasteiger partial charge in [0.2, 0.25) is 0 Å². The molecule has 1 N–H and O–H groups in total. The maximum absolute atomic E-state index is 12.6. The minimum Gasteiger partial charge on any atom is -0.342 e. The summed E-state index contributed by atoms with van der Waals surface area (Å²) in [6.45, 7) is 2.05. The van der Waals surface area contributed by atoms with Crippen molar-refractivity contribution in [1.82, 2.24) is 15.3 Å². The van der Waals surface area contributed by atoms with Gasteiger partial charge < -0.3 is 5.32 Å². The van der Waals surface area contributed by atoms with Gasteiger partial charge in [0.05, 0.1) is 16.6 Å². The second-order valence-electron chi connectivity index (χ2n) is 6.06. The molecule has 1 fully saturated rings. The Hall–Kier alpha value is -2.05. The summed E-state index contributed by atoms with van der Waals surface area (Å²) in [4.78, 5) is 22.7. The van der Waals surface area contributed by atoms with Crippen LogP contribution < -0.4 is 5.32 Å². The molecular weight excluding hydrogens is 338 g/mol. The highest BCUT2D eigenvalue weighted by atomic mass is 32.1. The lowest BCUT2D eigenvalue weighted by molar-refractivity contribution is 0.0926. The van der Waals surface area contributed by atoms with E-state index in [1.54, 1.807) is 11.3 Å². The molecule has 0 spiro atoms. The average molecular weight is 355 g/mol. The van der Waals surface area contributed by atoms with Gasteiger partial charge in [-0.2, -0.15) is 0 Å². The van der Waals surface area contributed by atoms with Crippen LogP contribution in [0.3, 0.4) is 0 Å². The molecule has 1 amide bonds. The molecule has 1 atom stereocenters. The van der Waals surface area contributed by atoms with Crippen LogP contribution in [-0.4, -0.2) is 15.9 Å². The van der Waals surface area contributed by atoms with Crippen molar-refractivity contribution >= 4 is 28.6 Å². The number of carbonyl (C=O) groups excluding carboxylic acids is 1. The summed E-state index contributed by atoms with van der Waals surface area (Å²) in [5.74, 6) is 0.368. The van der Waals surface area contributed by atoms with Crippen molar-refractivity contribution in [1.29, 1.82) is 0 Å². The normalized spacial score (nSPS) is 15.2. The van der Waals surface area contributed by atoms with Crippen molar-refractivity contribution in [2.45, 2.75) is 25.8 Å². The van der Waals surface area contributed by atoms with Crippen LogP contribution in [0.4, 0.5) is 0 Å². The van der Waals surface area contributed by atoms with Gasteiger partial charge in [-0.3, -0.25) is 9.78 Å². The molecule has 1 aliphatic rings. The molecule has 0 bridgehead atoms. The first-order valence-corrected chi connectivity index (χ1v) is 9.69. The molecule has 24 heavy (non-hydrogen) atoms. The van der Waals surface area contributed by atoms with Crippen LogP contribution in [-0.2, 0) is 0 Å². The topological polar surface area (TPSA) is 54.9 Å². The monoisotopic (exact) mass is 355 g/mol. The van der Waals surface area contributed by atoms with Crippen molar-refractivity contribution in [2.75, 3.05) is 0 Å². The smallest absolute Gasteiger partial charge is 0.271 e. The number of rotatable bonds is 5. The van der Waals surface area contributed by atoms with Gasteiger partial charge in [0.1, 0.15) is 10.7 Å². The van der Waals surface area contributed by atoms with E-state index in [0.29, 0.717) is 11.6 Å². The second-order valence-corrected chi connectivity index (χ2v) is 7.87. The number of aromatic nitrogens is 2. The molecule has 4 rings (SSSR count). The van der Waals surface area contributed by atoms with E-state index in [9.17, 15) is 4.79 Å². The number of pyridine rings is 1. The lowest BCUT2D eigenvalue weighted by Gasteiger charge is -2.17. The third kappa shape index (κ3) is 3.25. The summed E-state index contributed by atoms with van der Waals surface area (Å²) in [5, 5.41) is 7.89. The van der Waals surface area contributed by atoms with Crippen LogP contribution in [0.5, 0.6) is 0 Å². The van der Waals surface area contributed by atoms with Crippen LogP contribution in [0.15, 0.2) is 41.2 Å². The Bertz CT molecular complexity index is 853. The van der Waals surface area contributed by atoms with E-state index in [1.165, 1.54) is 11.3 Å². The first kappa shape index (κ1) is 15.5. The number of nitrogens with one attached hydrogen (secondary N) is 1. The Morgan fingerprint density at radius 3 is 2.92 bits per heavy atom. The van der Waals surface area contributed by atoms with E-state index >= 15 is 0 Å². The van der Waals surface area contributed by atoms with E-state index in [-0.39, 0.29) is 11.9 Å². The quantitative estimate of drug-likeness (QED) is 0.735. The number of thiophene rings is 1. The minimum atomic E-state index is -0.116. The number of carbonyl (C=O) groups is 1. The summed E-state index contributed by atoms with van der Waals surface area (Å²) >= 11 is 3.14. The van der Waals surface area contributed by atoms with Crippen molar-refractivity contribution < 1.29 is 4.79 Å². The Balaban J connectivity index is 1.53. The molecule has 1 unspecified atom stereocenters. The van der Waals surface area contributed by atoms with Gasteiger partial charge in [0.15, 0.2) is 0 Å².